The standard InChI is InChI=1S/C14H18O3/c1-7-6-9-10(11(7)15)8(2)14(4-5-14)13(3,17)12(9)16/h6,9,12,16-17H,4-5H2,1-3H3. The van der Waals surface area contributed by atoms with E-state index in [9.17, 15) is 15.0 Å². The van der Waals surface area contributed by atoms with Gasteiger partial charge < -0.3 is 10.2 Å². The van der Waals surface area contributed by atoms with E-state index in [0.717, 1.165) is 24.0 Å². The summed E-state index contributed by atoms with van der Waals surface area (Å²) >= 11 is 0. The third kappa shape index (κ3) is 1.07. The van der Waals surface area contributed by atoms with E-state index in [1.54, 1.807) is 19.9 Å². The normalized spacial score (nSPS) is 42.9. The number of hydrogen-bond acceptors (Lipinski definition) is 3. The van der Waals surface area contributed by atoms with Crippen molar-refractivity contribution in [3.05, 3.63) is 22.8 Å². The van der Waals surface area contributed by atoms with Crippen molar-refractivity contribution in [3.8, 4) is 0 Å². The largest absolute Gasteiger partial charge is 0.389 e. The summed E-state index contributed by atoms with van der Waals surface area (Å²) in [7, 11) is 0. The molecule has 0 bridgehead atoms. The molecule has 17 heavy (non-hydrogen) atoms. The molecule has 3 rings (SSSR count). The fourth-order valence-electron chi connectivity index (χ4n) is 3.74. The Morgan fingerprint density at radius 2 is 1.94 bits per heavy atom. The Bertz CT molecular complexity index is 478. The van der Waals surface area contributed by atoms with Gasteiger partial charge in [-0.1, -0.05) is 11.6 Å². The Balaban J connectivity index is 2.22. The van der Waals surface area contributed by atoms with Gasteiger partial charge in [0, 0.05) is 16.9 Å². The Labute approximate surface area is 101 Å². The highest BCUT2D eigenvalue weighted by molar-refractivity contribution is 6.12. The lowest BCUT2D eigenvalue weighted by Gasteiger charge is -2.45. The molecule has 92 valence electrons. The minimum absolute atomic E-state index is 0.0494. The summed E-state index contributed by atoms with van der Waals surface area (Å²) in [6.45, 7) is 5.43. The molecule has 0 heterocycles. The fourth-order valence-corrected chi connectivity index (χ4v) is 3.74. The number of carbonyl (C=O) groups excluding carboxylic acids is 1. The highest BCUT2D eigenvalue weighted by Gasteiger charge is 2.66. The van der Waals surface area contributed by atoms with E-state index in [2.05, 4.69) is 0 Å². The van der Waals surface area contributed by atoms with Crippen molar-refractivity contribution in [2.45, 2.75) is 45.3 Å². The molecular weight excluding hydrogens is 216 g/mol. The van der Waals surface area contributed by atoms with Gasteiger partial charge in [0.1, 0.15) is 0 Å². The zero-order valence-electron chi connectivity index (χ0n) is 10.4. The van der Waals surface area contributed by atoms with Gasteiger partial charge in [0.25, 0.3) is 0 Å². The zero-order valence-corrected chi connectivity index (χ0v) is 10.4. The van der Waals surface area contributed by atoms with Crippen molar-refractivity contribution < 1.29 is 15.0 Å². The molecule has 0 aromatic heterocycles. The molecule has 0 saturated heterocycles. The maximum atomic E-state index is 12.1. The molecule has 1 saturated carbocycles. The number of aliphatic hydroxyl groups excluding tert-OH is 1. The van der Waals surface area contributed by atoms with Crippen molar-refractivity contribution >= 4 is 5.78 Å². The van der Waals surface area contributed by atoms with Crippen LogP contribution >= 0.6 is 0 Å². The molecule has 0 aromatic rings. The first kappa shape index (κ1) is 11.2. The van der Waals surface area contributed by atoms with Crippen molar-refractivity contribution in [1.82, 2.24) is 0 Å². The number of aliphatic hydroxyl groups is 2. The third-order valence-corrected chi connectivity index (χ3v) is 5.12. The number of allylic oxidation sites excluding steroid dienone is 1. The van der Waals surface area contributed by atoms with Gasteiger partial charge in [-0.25, -0.2) is 0 Å². The molecule has 0 aliphatic heterocycles. The van der Waals surface area contributed by atoms with Crippen LogP contribution in [0.15, 0.2) is 22.8 Å². The SMILES string of the molecule is CC1=CC2C(=C(C)C3(CC3)C(C)(O)C2O)C1=O. The van der Waals surface area contributed by atoms with E-state index in [0.29, 0.717) is 5.57 Å². The average molecular weight is 234 g/mol. The second-order valence-corrected chi connectivity index (χ2v) is 5.92. The van der Waals surface area contributed by atoms with E-state index in [1.165, 1.54) is 0 Å². The quantitative estimate of drug-likeness (QED) is 0.665. The monoisotopic (exact) mass is 234 g/mol. The zero-order chi connectivity index (χ0) is 12.6. The molecule has 2 N–H and O–H groups in total. The first-order chi connectivity index (χ1) is 7.83. The van der Waals surface area contributed by atoms with Crippen LogP contribution in [0.4, 0.5) is 0 Å². The summed E-state index contributed by atoms with van der Waals surface area (Å²) in [5.41, 5.74) is 0.950. The predicted molar refractivity (Wildman–Crippen MR) is 63.3 cm³/mol. The van der Waals surface area contributed by atoms with Crippen LogP contribution in [0.3, 0.4) is 0 Å². The van der Waals surface area contributed by atoms with Gasteiger partial charge in [0.05, 0.1) is 11.7 Å². The van der Waals surface area contributed by atoms with Crippen molar-refractivity contribution in [1.29, 1.82) is 0 Å². The number of carbonyl (C=O) groups is 1. The topological polar surface area (TPSA) is 57.5 Å². The van der Waals surface area contributed by atoms with Crippen LogP contribution in [0.2, 0.25) is 0 Å². The molecule has 3 heteroatoms. The summed E-state index contributed by atoms with van der Waals surface area (Å²) in [4.78, 5) is 12.1. The first-order valence-corrected chi connectivity index (χ1v) is 6.18. The van der Waals surface area contributed by atoms with Gasteiger partial charge in [-0.15, -0.1) is 0 Å². The van der Waals surface area contributed by atoms with E-state index < -0.39 is 11.7 Å². The number of rotatable bonds is 0. The second kappa shape index (κ2) is 2.90. The van der Waals surface area contributed by atoms with Gasteiger partial charge in [-0.2, -0.15) is 0 Å². The summed E-state index contributed by atoms with van der Waals surface area (Å²) < 4.78 is 0. The maximum Gasteiger partial charge on any atom is 0.185 e. The van der Waals surface area contributed by atoms with Crippen molar-refractivity contribution in [2.24, 2.45) is 11.3 Å². The van der Waals surface area contributed by atoms with E-state index >= 15 is 0 Å². The summed E-state index contributed by atoms with van der Waals surface area (Å²) in [6.07, 6.45) is 2.66. The molecule has 3 aliphatic carbocycles. The highest BCUT2D eigenvalue weighted by atomic mass is 16.3. The molecule has 1 spiro atoms. The fraction of sp³-hybridized carbons (Fsp3) is 0.643. The number of fused-ring (bicyclic) bond motifs is 1. The lowest BCUT2D eigenvalue weighted by atomic mass is 9.65. The Morgan fingerprint density at radius 3 is 2.47 bits per heavy atom. The van der Waals surface area contributed by atoms with E-state index in [-0.39, 0.29) is 17.1 Å². The summed E-state index contributed by atoms with van der Waals surface area (Å²) in [6, 6.07) is 0. The summed E-state index contributed by atoms with van der Waals surface area (Å²) in [5.74, 6) is -0.267. The van der Waals surface area contributed by atoms with Crippen LogP contribution in [-0.2, 0) is 4.79 Å². The van der Waals surface area contributed by atoms with Gasteiger partial charge in [-0.05, 0) is 39.2 Å². The number of hydrogen-bond donors (Lipinski definition) is 2. The molecule has 0 radical (unpaired) electrons. The van der Waals surface area contributed by atoms with Crippen LogP contribution in [0.5, 0.6) is 0 Å². The van der Waals surface area contributed by atoms with Crippen LogP contribution in [0.25, 0.3) is 0 Å². The lowest BCUT2D eigenvalue weighted by Crippen LogP contribution is -2.55. The minimum Gasteiger partial charge on any atom is -0.389 e. The molecule has 0 aromatic carbocycles. The molecule has 1 fully saturated rings. The highest BCUT2D eigenvalue weighted by Crippen LogP contribution is 2.65. The first-order valence-electron chi connectivity index (χ1n) is 6.18. The molecule has 3 atom stereocenters. The van der Waals surface area contributed by atoms with Gasteiger partial charge in [0.15, 0.2) is 5.78 Å². The van der Waals surface area contributed by atoms with Crippen molar-refractivity contribution in [3.63, 3.8) is 0 Å². The summed E-state index contributed by atoms with van der Waals surface area (Å²) in [5, 5.41) is 21.0. The third-order valence-electron chi connectivity index (χ3n) is 5.12. The van der Waals surface area contributed by atoms with E-state index in [1.807, 2.05) is 6.92 Å². The Hall–Kier alpha value is -0.930. The second-order valence-electron chi connectivity index (χ2n) is 5.92. The predicted octanol–water partition coefficient (Wildman–Crippen LogP) is 1.35. The number of ketones is 1. The Kier molecular flexibility index (Phi) is 1.91. The van der Waals surface area contributed by atoms with E-state index in [4.69, 9.17) is 0 Å². The Morgan fingerprint density at radius 1 is 1.35 bits per heavy atom. The van der Waals surface area contributed by atoms with Crippen LogP contribution in [0.1, 0.15) is 33.6 Å². The smallest absolute Gasteiger partial charge is 0.185 e. The number of Topliss-reactive ketones (excluding diaryl/α,β-unsaturated/α-hetero) is 1. The maximum absolute atomic E-state index is 12.1. The van der Waals surface area contributed by atoms with Crippen LogP contribution < -0.4 is 0 Å². The van der Waals surface area contributed by atoms with Crippen LogP contribution in [0, 0.1) is 11.3 Å². The molecule has 3 unspecified atom stereocenters. The lowest BCUT2D eigenvalue weighted by molar-refractivity contribution is -0.125. The molecule has 3 nitrogen and oxygen atoms in total. The van der Waals surface area contributed by atoms with Gasteiger partial charge in [0.2, 0.25) is 0 Å². The molecule has 0 amide bonds. The van der Waals surface area contributed by atoms with Crippen molar-refractivity contribution in [2.75, 3.05) is 0 Å². The van der Waals surface area contributed by atoms with Gasteiger partial charge >= 0.3 is 0 Å². The van der Waals surface area contributed by atoms with Gasteiger partial charge in [-0.3, -0.25) is 4.79 Å². The molecular formula is C14H18O3. The minimum atomic E-state index is -1.12. The average Bonchev–Trinajstić information content (AvgIpc) is 3.01. The van der Waals surface area contributed by atoms with Crippen LogP contribution in [-0.4, -0.2) is 27.7 Å². The molecule has 3 aliphatic rings.